The number of ether oxygens (including phenoxy) is 8. The first-order valence-electron chi connectivity index (χ1n) is 23.6. The van der Waals surface area contributed by atoms with Gasteiger partial charge < -0.3 is 48.1 Å². The van der Waals surface area contributed by atoms with E-state index >= 15 is 0 Å². The molecule has 68 heavy (non-hydrogen) atoms. The van der Waals surface area contributed by atoms with Crippen molar-refractivity contribution in [3.8, 4) is 0 Å². The molecule has 0 aromatic carbocycles. The summed E-state index contributed by atoms with van der Waals surface area (Å²) in [6, 6.07) is 0. The lowest BCUT2D eigenvalue weighted by molar-refractivity contribution is -0.183. The first-order valence-corrected chi connectivity index (χ1v) is 25.0. The highest BCUT2D eigenvalue weighted by molar-refractivity contribution is 7.79. The summed E-state index contributed by atoms with van der Waals surface area (Å²) >= 11 is 0. The third-order valence-corrected chi connectivity index (χ3v) is 14.9. The number of carbonyl (C=O) groups is 6. The molecule has 21 heteroatoms. The van der Waals surface area contributed by atoms with Gasteiger partial charge in [0, 0.05) is 71.8 Å². The van der Waals surface area contributed by atoms with Crippen LogP contribution in [0, 0.1) is 71.0 Å². The molecular weight excluding hydrogens is 917 g/mol. The summed E-state index contributed by atoms with van der Waals surface area (Å²) in [6.07, 6.45) is 15.0. The van der Waals surface area contributed by atoms with Gasteiger partial charge in [-0.05, 0) is 124 Å². The maximum atomic E-state index is 11.1. The normalized spacial score (nSPS) is 35.5. The van der Waals surface area contributed by atoms with Crippen LogP contribution in [0.25, 0.3) is 0 Å². The van der Waals surface area contributed by atoms with Crippen LogP contribution in [0.2, 0.25) is 0 Å². The summed E-state index contributed by atoms with van der Waals surface area (Å²) < 4.78 is 72.4. The van der Waals surface area contributed by atoms with E-state index in [9.17, 15) is 33.9 Å². The third-order valence-electron chi connectivity index (χ3n) is 14.9. The lowest BCUT2D eigenvalue weighted by Crippen LogP contribution is -2.38. The fourth-order valence-corrected chi connectivity index (χ4v) is 12.4. The summed E-state index contributed by atoms with van der Waals surface area (Å²) in [6.45, 7) is 10.6. The summed E-state index contributed by atoms with van der Waals surface area (Å²) in [5.41, 5.74) is 0. The predicted octanol–water partition coefficient (Wildman–Crippen LogP) is 4.90. The van der Waals surface area contributed by atoms with Crippen LogP contribution < -0.4 is 0 Å². The number of hydrogen-bond acceptors (Lipinski definition) is 18. The predicted molar refractivity (Wildman–Crippen MR) is 240 cm³/mol. The van der Waals surface area contributed by atoms with E-state index in [1.807, 2.05) is 0 Å². The minimum Gasteiger partial charge on any atom is -0.465 e. The molecule has 8 aliphatic carbocycles. The summed E-state index contributed by atoms with van der Waals surface area (Å²) in [7, 11) is -4.67. The Balaban J connectivity index is 0.000000225. The van der Waals surface area contributed by atoms with Crippen molar-refractivity contribution in [1.29, 1.82) is 0 Å². The quantitative estimate of drug-likeness (QED) is 0.0596. The van der Waals surface area contributed by atoms with Crippen LogP contribution in [0.5, 0.6) is 0 Å². The third kappa shape index (κ3) is 18.5. The molecule has 0 spiro atoms. The number of aliphatic hydroxyl groups is 2. The molecule has 20 nitrogen and oxygen atoms in total. The van der Waals surface area contributed by atoms with Gasteiger partial charge in [-0.15, -0.1) is 0 Å². The Morgan fingerprint density at radius 1 is 0.559 bits per heavy atom. The fraction of sp³-hybridized carbons (Fsp3) is 0.872. The Hall–Kier alpha value is -3.31. The zero-order valence-corrected chi connectivity index (χ0v) is 40.5. The minimum atomic E-state index is -4.67. The molecule has 9 rings (SSSR count). The summed E-state index contributed by atoms with van der Waals surface area (Å²) in [4.78, 5) is 63.2. The Bertz CT molecular complexity index is 1720. The molecular formula is C47H78O20S. The molecule has 4 N–H and O–H groups in total. The van der Waals surface area contributed by atoms with Crippen molar-refractivity contribution in [3.63, 3.8) is 0 Å². The van der Waals surface area contributed by atoms with Crippen molar-refractivity contribution in [2.45, 2.75) is 150 Å². The van der Waals surface area contributed by atoms with Crippen molar-refractivity contribution in [2.24, 2.45) is 71.0 Å². The maximum absolute atomic E-state index is 11.1. The van der Waals surface area contributed by atoms with Crippen LogP contribution in [0.3, 0.4) is 0 Å². The molecule has 9 aliphatic rings. The van der Waals surface area contributed by atoms with E-state index < -0.39 is 22.3 Å². The van der Waals surface area contributed by atoms with Crippen molar-refractivity contribution in [1.82, 2.24) is 0 Å². The Morgan fingerprint density at radius 2 is 0.985 bits per heavy atom. The van der Waals surface area contributed by atoms with Crippen LogP contribution in [0.1, 0.15) is 126 Å². The molecule has 1 aliphatic heterocycles. The zero-order chi connectivity index (χ0) is 49.6. The van der Waals surface area contributed by atoms with Crippen molar-refractivity contribution in [2.75, 3.05) is 40.0 Å². The molecule has 8 saturated carbocycles. The van der Waals surface area contributed by atoms with Crippen LogP contribution in [0.4, 0.5) is 0 Å². The number of fused-ring (bicyclic) bond motifs is 11. The van der Waals surface area contributed by atoms with E-state index in [1.165, 1.54) is 86.5 Å². The number of rotatable bonds is 9. The van der Waals surface area contributed by atoms with Crippen LogP contribution in [-0.2, 0) is 77.1 Å². The Kier molecular flexibility index (Phi) is 24.2. The van der Waals surface area contributed by atoms with E-state index in [0.29, 0.717) is 61.6 Å². The van der Waals surface area contributed by atoms with Gasteiger partial charge in [-0.1, -0.05) is 7.43 Å². The van der Waals surface area contributed by atoms with Crippen molar-refractivity contribution >= 4 is 46.2 Å². The Morgan fingerprint density at radius 3 is 1.40 bits per heavy atom. The highest BCUT2D eigenvalue weighted by Gasteiger charge is 2.52. The van der Waals surface area contributed by atoms with E-state index in [4.69, 9.17) is 55.8 Å². The topological polar surface area (TPSA) is 291 Å². The molecule has 0 amide bonds. The highest BCUT2D eigenvalue weighted by atomic mass is 32.3. The average Bonchev–Trinajstić information content (AvgIpc) is 4.11. The first kappa shape index (κ1) is 59.0. The molecule has 9 fully saturated rings. The van der Waals surface area contributed by atoms with Gasteiger partial charge in [-0.25, -0.2) is 0 Å². The standard InChI is InChI=1S/C13H20O5.C12H18O4.C9H14O2.C8H14O2.C4H6O3.CH4.H2O4S/c1-8(14)17-7-16-6-12-10-3-4-11(5-10)13(12)18-9(2)15;1-7(13)15-6-11-9-3-4-10(5-9)12(11)16-8(2)14;1-2-7-3-6(1)8-4-10-5-11-9(7)8;9-4-7-5-1-2-6(3-5)8(7)10;1-3(5)7-4(2)6;;1-5(2,3)4/h10-13H,3-7H2,1-2H3;9-12H,3-6H2,1-2H3;6-9H,1-5H2;5-10H,1-4H2;1-2H3;1H4;(H2,1,2,3,4)/t10-,11+,12+,13-;9-,10+,11+,12-;6-,7+,8+,9-;5-,6+,7+,8-;;;/m1111.../s1. The molecule has 0 radical (unpaired) electrons. The lowest BCUT2D eigenvalue weighted by Gasteiger charge is -2.34. The number of hydrogen-bond donors (Lipinski definition) is 4. The average molecular weight is 995 g/mol. The molecule has 0 aromatic heterocycles. The van der Waals surface area contributed by atoms with Crippen LogP contribution in [0.15, 0.2) is 0 Å². The zero-order valence-electron chi connectivity index (χ0n) is 39.7. The molecule has 8 bridgehead atoms. The van der Waals surface area contributed by atoms with Gasteiger partial charge in [0.1, 0.15) is 19.0 Å². The first-order chi connectivity index (χ1) is 31.6. The van der Waals surface area contributed by atoms with E-state index in [-0.39, 0.29) is 80.8 Å². The van der Waals surface area contributed by atoms with Crippen molar-refractivity contribution < 1.29 is 94.4 Å². The van der Waals surface area contributed by atoms with Crippen molar-refractivity contribution in [3.05, 3.63) is 0 Å². The summed E-state index contributed by atoms with van der Waals surface area (Å²) in [5.74, 6) is 4.31. The SMILES string of the molecule is C.C1OC[C@H]2[C@@H]3CC[C@@H](C3)[C@H]2O1.CC(=O)OC(C)=O.CC(=O)OCOC[C@H]1[C@@H]2CC[C@@H](C2)[C@H]1OC(C)=O.CC(=O)OC[C@H]1[C@@H]2CC[C@@H](C2)[C@H]1OC(C)=O.O=S(=O)(O)O.OC[C@H]1[C@@H]2CC[C@@H](C2)[C@H]1O. The molecule has 1 saturated heterocycles. The fourth-order valence-electron chi connectivity index (χ4n) is 12.4. The molecule has 16 atom stereocenters. The van der Waals surface area contributed by atoms with Gasteiger partial charge in [0.15, 0.2) is 6.79 Å². The number of esters is 6. The monoisotopic (exact) mass is 994 g/mol. The smallest absolute Gasteiger partial charge is 0.394 e. The van der Waals surface area contributed by atoms with Crippen LogP contribution in [-0.4, -0.2) is 128 Å². The summed E-state index contributed by atoms with van der Waals surface area (Å²) in [5, 5.41) is 18.4. The molecule has 1 heterocycles. The van der Waals surface area contributed by atoms with Gasteiger partial charge >= 0.3 is 46.2 Å². The molecule has 392 valence electrons. The second-order valence-electron chi connectivity index (χ2n) is 19.4. The van der Waals surface area contributed by atoms with Gasteiger partial charge in [0.05, 0.1) is 32.0 Å². The molecule has 0 unspecified atom stereocenters. The minimum absolute atomic E-state index is 0. The van der Waals surface area contributed by atoms with E-state index in [1.54, 1.807) is 0 Å². The maximum Gasteiger partial charge on any atom is 0.394 e. The van der Waals surface area contributed by atoms with E-state index in [0.717, 1.165) is 56.5 Å². The van der Waals surface area contributed by atoms with Gasteiger partial charge in [-0.3, -0.25) is 37.9 Å². The van der Waals surface area contributed by atoms with Gasteiger partial charge in [-0.2, -0.15) is 8.42 Å². The van der Waals surface area contributed by atoms with E-state index in [2.05, 4.69) is 4.74 Å². The lowest BCUT2D eigenvalue weighted by atomic mass is 9.86. The number of aliphatic hydroxyl groups excluding tert-OH is 2. The number of carbonyl (C=O) groups excluding carboxylic acids is 6. The Labute approximate surface area is 401 Å². The second-order valence-corrected chi connectivity index (χ2v) is 20.3. The highest BCUT2D eigenvalue weighted by Crippen LogP contribution is 2.52. The van der Waals surface area contributed by atoms with Gasteiger partial charge in [0.2, 0.25) is 0 Å². The largest absolute Gasteiger partial charge is 0.465 e. The van der Waals surface area contributed by atoms with Gasteiger partial charge in [0.25, 0.3) is 0 Å². The van der Waals surface area contributed by atoms with Crippen LogP contribution >= 0.6 is 0 Å². The second kappa shape index (κ2) is 27.9. The molecule has 0 aromatic rings.